The van der Waals surface area contributed by atoms with Gasteiger partial charge in [0.1, 0.15) is 17.9 Å². The summed E-state index contributed by atoms with van der Waals surface area (Å²) in [6, 6.07) is 18.0. The molecule has 10 heteroatoms. The number of fused-ring (bicyclic) bond motifs is 1. The maximum absolute atomic E-state index is 13.0. The molecule has 168 valence electrons. The Kier molecular flexibility index (Phi) is 5.59. The van der Waals surface area contributed by atoms with Crippen molar-refractivity contribution in [2.45, 2.75) is 12.7 Å². The number of rotatable bonds is 4. The van der Waals surface area contributed by atoms with E-state index in [2.05, 4.69) is 10.3 Å². The number of hydrogen-bond acceptors (Lipinski definition) is 4. The Labute approximate surface area is 184 Å². The minimum atomic E-state index is -4.73. The molecule has 0 aliphatic heterocycles. The highest BCUT2D eigenvalue weighted by atomic mass is 19.4. The summed E-state index contributed by atoms with van der Waals surface area (Å²) in [5, 5.41) is 2.49. The Hall–Kier alpha value is -4.21. The number of hydrogen-bond donors (Lipinski definition) is 1. The standard InChI is InChI=1S/C23H17F3N4O3/c1-29-20-16(11-12-18(28-20)23(24,25)26)21(32)30(22(29)33)13-19(31)27-17-10-6-5-9-15(17)14-7-3-2-4-8-14/h2-12H,13H2,1H3,(H,27,31). The van der Waals surface area contributed by atoms with Crippen molar-refractivity contribution in [3.05, 3.63) is 93.3 Å². The third kappa shape index (κ3) is 4.27. The topological polar surface area (TPSA) is 86.0 Å². The summed E-state index contributed by atoms with van der Waals surface area (Å²) in [7, 11) is 1.19. The number of carbonyl (C=O) groups is 1. The van der Waals surface area contributed by atoms with Crippen molar-refractivity contribution in [3.8, 4) is 11.1 Å². The van der Waals surface area contributed by atoms with Crippen LogP contribution in [0.3, 0.4) is 0 Å². The third-order valence-corrected chi connectivity index (χ3v) is 5.06. The van der Waals surface area contributed by atoms with Crippen molar-refractivity contribution in [1.29, 1.82) is 0 Å². The zero-order valence-corrected chi connectivity index (χ0v) is 17.3. The highest BCUT2D eigenvalue weighted by molar-refractivity contribution is 5.95. The van der Waals surface area contributed by atoms with Crippen molar-refractivity contribution in [3.63, 3.8) is 0 Å². The van der Waals surface area contributed by atoms with Crippen LogP contribution >= 0.6 is 0 Å². The van der Waals surface area contributed by atoms with Gasteiger partial charge in [-0.3, -0.25) is 18.7 Å². The maximum atomic E-state index is 13.0. The molecule has 2 aromatic heterocycles. The number of aromatic nitrogens is 3. The summed E-state index contributed by atoms with van der Waals surface area (Å²) < 4.78 is 40.4. The molecule has 0 saturated carbocycles. The van der Waals surface area contributed by atoms with E-state index < -0.39 is 41.2 Å². The van der Waals surface area contributed by atoms with E-state index in [1.54, 1.807) is 12.1 Å². The van der Waals surface area contributed by atoms with Crippen molar-refractivity contribution in [2.24, 2.45) is 7.05 Å². The Morgan fingerprint density at radius 2 is 1.64 bits per heavy atom. The van der Waals surface area contributed by atoms with E-state index in [1.807, 2.05) is 42.5 Å². The summed E-state index contributed by atoms with van der Waals surface area (Å²) in [4.78, 5) is 41.6. The summed E-state index contributed by atoms with van der Waals surface area (Å²) in [5.74, 6) is -0.642. The van der Waals surface area contributed by atoms with E-state index in [9.17, 15) is 27.6 Å². The average molecular weight is 454 g/mol. The van der Waals surface area contributed by atoms with Crippen molar-refractivity contribution < 1.29 is 18.0 Å². The summed E-state index contributed by atoms with van der Waals surface area (Å²) in [6.45, 7) is -0.619. The van der Waals surface area contributed by atoms with Crippen LogP contribution in [0.2, 0.25) is 0 Å². The fourth-order valence-corrected chi connectivity index (χ4v) is 3.47. The lowest BCUT2D eigenvalue weighted by atomic mass is 10.0. The van der Waals surface area contributed by atoms with Gasteiger partial charge in [-0.05, 0) is 23.8 Å². The number of nitrogens with one attached hydrogen (secondary N) is 1. The van der Waals surface area contributed by atoms with E-state index in [0.29, 0.717) is 16.3 Å². The molecular weight excluding hydrogens is 437 g/mol. The first-order valence-corrected chi connectivity index (χ1v) is 9.79. The quantitative estimate of drug-likeness (QED) is 0.512. The van der Waals surface area contributed by atoms with Gasteiger partial charge in [-0.25, -0.2) is 9.78 Å². The average Bonchev–Trinajstić information content (AvgIpc) is 2.80. The molecule has 0 unspecified atom stereocenters. The third-order valence-electron chi connectivity index (χ3n) is 5.06. The predicted molar refractivity (Wildman–Crippen MR) is 117 cm³/mol. The second-order valence-electron chi connectivity index (χ2n) is 7.26. The summed E-state index contributed by atoms with van der Waals surface area (Å²) in [6.07, 6.45) is -4.73. The molecule has 0 bridgehead atoms. The van der Waals surface area contributed by atoms with Crippen LogP contribution in [0.4, 0.5) is 18.9 Å². The lowest BCUT2D eigenvalue weighted by Crippen LogP contribution is -2.42. The molecule has 0 radical (unpaired) electrons. The largest absolute Gasteiger partial charge is 0.433 e. The molecule has 2 heterocycles. The number of aryl methyl sites for hydroxylation is 1. The van der Waals surface area contributed by atoms with Gasteiger partial charge in [0, 0.05) is 18.3 Å². The van der Waals surface area contributed by atoms with Gasteiger partial charge < -0.3 is 5.32 Å². The van der Waals surface area contributed by atoms with Crippen molar-refractivity contribution >= 4 is 22.6 Å². The zero-order chi connectivity index (χ0) is 23.8. The Balaban J connectivity index is 1.69. The van der Waals surface area contributed by atoms with Gasteiger partial charge in [-0.1, -0.05) is 48.5 Å². The molecule has 0 aliphatic carbocycles. The second kappa shape index (κ2) is 8.38. The lowest BCUT2D eigenvalue weighted by Gasteiger charge is -2.14. The number of halogens is 3. The molecule has 0 aliphatic rings. The monoisotopic (exact) mass is 454 g/mol. The SMILES string of the molecule is Cn1c(=O)n(CC(=O)Nc2ccccc2-c2ccccc2)c(=O)c2ccc(C(F)(F)F)nc21. The molecule has 0 spiro atoms. The highest BCUT2D eigenvalue weighted by Crippen LogP contribution is 2.29. The van der Waals surface area contributed by atoms with Gasteiger partial charge in [0.05, 0.1) is 5.39 Å². The first-order chi connectivity index (χ1) is 15.7. The van der Waals surface area contributed by atoms with Gasteiger partial charge in [0.2, 0.25) is 5.91 Å². The highest BCUT2D eigenvalue weighted by Gasteiger charge is 2.33. The molecule has 7 nitrogen and oxygen atoms in total. The van der Waals surface area contributed by atoms with Gasteiger partial charge in [0.25, 0.3) is 5.56 Å². The first kappa shape index (κ1) is 22.0. The molecule has 0 fully saturated rings. The molecular formula is C23H17F3N4O3. The Morgan fingerprint density at radius 3 is 2.33 bits per heavy atom. The number of nitrogens with zero attached hydrogens (tertiary/aromatic N) is 3. The molecule has 33 heavy (non-hydrogen) atoms. The fourth-order valence-electron chi connectivity index (χ4n) is 3.47. The van der Waals surface area contributed by atoms with Gasteiger partial charge in [0.15, 0.2) is 0 Å². The number of carbonyl (C=O) groups excluding carboxylic acids is 1. The van der Waals surface area contributed by atoms with E-state index in [-0.39, 0.29) is 5.39 Å². The minimum absolute atomic E-state index is 0.206. The van der Waals surface area contributed by atoms with E-state index in [4.69, 9.17) is 0 Å². The van der Waals surface area contributed by atoms with Crippen LogP contribution < -0.4 is 16.6 Å². The zero-order valence-electron chi connectivity index (χ0n) is 17.3. The number of para-hydroxylation sites is 1. The van der Waals surface area contributed by atoms with Gasteiger partial charge >= 0.3 is 11.9 Å². The molecule has 1 amide bonds. The number of pyridine rings is 1. The first-order valence-electron chi connectivity index (χ1n) is 9.79. The Morgan fingerprint density at radius 1 is 0.970 bits per heavy atom. The maximum Gasteiger partial charge on any atom is 0.433 e. The van der Waals surface area contributed by atoms with Crippen molar-refractivity contribution in [1.82, 2.24) is 14.1 Å². The van der Waals surface area contributed by atoms with Crippen LogP contribution in [-0.4, -0.2) is 20.0 Å². The van der Waals surface area contributed by atoms with Crippen LogP contribution in [0, 0.1) is 0 Å². The molecule has 2 aromatic carbocycles. The summed E-state index contributed by atoms with van der Waals surface area (Å²) in [5.41, 5.74) is -1.40. The minimum Gasteiger partial charge on any atom is -0.324 e. The summed E-state index contributed by atoms with van der Waals surface area (Å²) >= 11 is 0. The number of alkyl halides is 3. The van der Waals surface area contributed by atoms with Crippen LogP contribution in [0.15, 0.2) is 76.3 Å². The second-order valence-corrected chi connectivity index (χ2v) is 7.26. The molecule has 4 aromatic rings. The van der Waals surface area contributed by atoms with Crippen LogP contribution in [-0.2, 0) is 24.6 Å². The molecule has 4 rings (SSSR count). The number of amides is 1. The Bertz CT molecular complexity index is 1470. The lowest BCUT2D eigenvalue weighted by molar-refractivity contribution is -0.141. The van der Waals surface area contributed by atoms with E-state index in [0.717, 1.165) is 21.8 Å². The number of benzene rings is 2. The van der Waals surface area contributed by atoms with Crippen LogP contribution in [0.1, 0.15) is 5.69 Å². The molecule has 1 N–H and O–H groups in total. The fraction of sp³-hybridized carbons (Fsp3) is 0.130. The van der Waals surface area contributed by atoms with Crippen LogP contribution in [0.5, 0.6) is 0 Å². The van der Waals surface area contributed by atoms with Crippen LogP contribution in [0.25, 0.3) is 22.2 Å². The smallest absolute Gasteiger partial charge is 0.324 e. The van der Waals surface area contributed by atoms with E-state index in [1.165, 1.54) is 7.05 Å². The van der Waals surface area contributed by atoms with Crippen molar-refractivity contribution in [2.75, 3.05) is 5.32 Å². The number of anilines is 1. The van der Waals surface area contributed by atoms with Gasteiger partial charge in [-0.2, -0.15) is 13.2 Å². The predicted octanol–water partition coefficient (Wildman–Crippen LogP) is 3.42. The molecule has 0 atom stereocenters. The van der Waals surface area contributed by atoms with E-state index >= 15 is 0 Å². The molecule has 0 saturated heterocycles. The normalized spacial score (nSPS) is 11.5. The van der Waals surface area contributed by atoms with Gasteiger partial charge in [-0.15, -0.1) is 0 Å².